The Morgan fingerprint density at radius 1 is 1.47 bits per heavy atom. The number of aryl methyl sites for hydroxylation is 1. The number of aromatic nitrogens is 1. The molecule has 1 atom stereocenters. The summed E-state index contributed by atoms with van der Waals surface area (Å²) in [6.07, 6.45) is 6.17. The van der Waals surface area contributed by atoms with Crippen LogP contribution >= 0.6 is 15.9 Å². The summed E-state index contributed by atoms with van der Waals surface area (Å²) in [6, 6.07) is 2.78. The number of hydrogen-bond acceptors (Lipinski definition) is 2. The fourth-order valence-corrected chi connectivity index (χ4v) is 2.11. The molecule has 0 saturated carbocycles. The van der Waals surface area contributed by atoms with Crippen LogP contribution in [0.1, 0.15) is 30.9 Å². The lowest BCUT2D eigenvalue weighted by Crippen LogP contribution is -2.28. The van der Waals surface area contributed by atoms with E-state index in [2.05, 4.69) is 46.1 Å². The predicted molar refractivity (Wildman–Crippen MR) is 68.3 cm³/mol. The molecule has 0 radical (unpaired) electrons. The summed E-state index contributed by atoms with van der Waals surface area (Å²) < 4.78 is 0. The maximum atomic E-state index is 4.18. The molecule has 0 aliphatic rings. The van der Waals surface area contributed by atoms with E-state index in [9.17, 15) is 0 Å². The molecule has 1 heterocycles. The zero-order chi connectivity index (χ0) is 11.1. The molecule has 15 heavy (non-hydrogen) atoms. The number of nitrogens with one attached hydrogen (secondary N) is 1. The molecular formula is C12H19BrN2. The minimum Gasteiger partial charge on any atom is -0.310 e. The summed E-state index contributed by atoms with van der Waals surface area (Å²) in [5.74, 6) is 0. The fourth-order valence-electron chi connectivity index (χ4n) is 1.56. The van der Waals surface area contributed by atoms with Crippen molar-refractivity contribution in [1.82, 2.24) is 10.3 Å². The Labute approximate surface area is 101 Å². The van der Waals surface area contributed by atoms with Gasteiger partial charge in [-0.25, -0.2) is 0 Å². The van der Waals surface area contributed by atoms with Crippen LogP contribution in [0.25, 0.3) is 0 Å². The van der Waals surface area contributed by atoms with Gasteiger partial charge in [-0.2, -0.15) is 0 Å². The highest BCUT2D eigenvalue weighted by Crippen LogP contribution is 2.04. The van der Waals surface area contributed by atoms with Gasteiger partial charge in [0.2, 0.25) is 0 Å². The molecule has 84 valence electrons. The Hall–Kier alpha value is -0.410. The van der Waals surface area contributed by atoms with E-state index in [1.165, 1.54) is 24.0 Å². The van der Waals surface area contributed by atoms with Gasteiger partial charge < -0.3 is 5.32 Å². The van der Waals surface area contributed by atoms with E-state index < -0.39 is 0 Å². The Kier molecular flexibility index (Phi) is 5.88. The van der Waals surface area contributed by atoms with E-state index in [0.717, 1.165) is 11.9 Å². The second-order valence-electron chi connectivity index (χ2n) is 3.83. The summed E-state index contributed by atoms with van der Waals surface area (Å²) in [7, 11) is 0. The number of pyridine rings is 1. The first-order valence-electron chi connectivity index (χ1n) is 5.46. The number of nitrogens with zero attached hydrogens (tertiary/aromatic N) is 1. The lowest BCUT2D eigenvalue weighted by Gasteiger charge is -2.15. The van der Waals surface area contributed by atoms with Gasteiger partial charge in [0.15, 0.2) is 0 Å². The van der Waals surface area contributed by atoms with E-state index in [1.54, 1.807) is 0 Å². The van der Waals surface area contributed by atoms with Crippen LogP contribution in [0, 0.1) is 6.92 Å². The third-order valence-corrected chi connectivity index (χ3v) is 2.93. The first kappa shape index (κ1) is 12.7. The molecule has 2 nitrogen and oxygen atoms in total. The summed E-state index contributed by atoms with van der Waals surface area (Å²) in [5, 5.41) is 4.60. The molecule has 0 aliphatic carbocycles. The molecule has 0 aliphatic heterocycles. The molecule has 1 N–H and O–H groups in total. The maximum absolute atomic E-state index is 4.18. The molecule has 1 unspecified atom stereocenters. The number of halogens is 1. The predicted octanol–water partition coefficient (Wildman–Crippen LogP) is 3.04. The molecule has 0 fully saturated rings. The van der Waals surface area contributed by atoms with Gasteiger partial charge >= 0.3 is 0 Å². The normalized spacial score (nSPS) is 12.7. The van der Waals surface area contributed by atoms with Crippen molar-refractivity contribution in [3.8, 4) is 0 Å². The smallest absolute Gasteiger partial charge is 0.0313 e. The highest BCUT2D eigenvalue weighted by Gasteiger charge is 2.04. The molecule has 3 heteroatoms. The second kappa shape index (κ2) is 6.96. The Bertz CT molecular complexity index is 289. The van der Waals surface area contributed by atoms with Gasteiger partial charge in [0.25, 0.3) is 0 Å². The summed E-state index contributed by atoms with van der Waals surface area (Å²) in [5.41, 5.74) is 2.49. The molecule has 0 saturated heterocycles. The Balaban J connectivity index is 2.41. The summed E-state index contributed by atoms with van der Waals surface area (Å²) >= 11 is 3.48. The summed E-state index contributed by atoms with van der Waals surface area (Å²) in [6.45, 7) is 5.21. The van der Waals surface area contributed by atoms with Crippen LogP contribution < -0.4 is 5.32 Å². The van der Waals surface area contributed by atoms with Gasteiger partial charge in [-0.05, 0) is 30.9 Å². The van der Waals surface area contributed by atoms with Gasteiger partial charge in [0.1, 0.15) is 0 Å². The first-order chi connectivity index (χ1) is 7.26. The highest BCUT2D eigenvalue weighted by molar-refractivity contribution is 9.09. The minimum atomic E-state index is 0.602. The SMILES string of the molecule is CCC(CCBr)NCc1cncc(C)c1. The van der Waals surface area contributed by atoms with Crippen molar-refractivity contribution >= 4 is 15.9 Å². The maximum Gasteiger partial charge on any atom is 0.0313 e. The quantitative estimate of drug-likeness (QED) is 0.804. The van der Waals surface area contributed by atoms with Gasteiger partial charge in [-0.15, -0.1) is 0 Å². The standard InChI is InChI=1S/C12H19BrN2/c1-3-12(4-5-13)15-9-11-6-10(2)7-14-8-11/h6-8,12,15H,3-5,9H2,1-2H3. The van der Waals surface area contributed by atoms with Crippen LogP contribution in [0.5, 0.6) is 0 Å². The van der Waals surface area contributed by atoms with Crippen molar-refractivity contribution in [2.24, 2.45) is 0 Å². The van der Waals surface area contributed by atoms with Crippen LogP contribution in [-0.4, -0.2) is 16.4 Å². The molecule has 1 rings (SSSR count). The average Bonchev–Trinajstić information content (AvgIpc) is 2.24. The van der Waals surface area contributed by atoms with Crippen molar-refractivity contribution < 1.29 is 0 Å². The number of rotatable bonds is 6. The molecular weight excluding hydrogens is 252 g/mol. The number of alkyl halides is 1. The minimum absolute atomic E-state index is 0.602. The molecule has 0 aromatic carbocycles. The number of hydrogen-bond donors (Lipinski definition) is 1. The lowest BCUT2D eigenvalue weighted by molar-refractivity contribution is 0.487. The van der Waals surface area contributed by atoms with Crippen molar-refractivity contribution in [2.45, 2.75) is 39.3 Å². The molecule has 1 aromatic rings. The van der Waals surface area contributed by atoms with Crippen molar-refractivity contribution in [3.63, 3.8) is 0 Å². The monoisotopic (exact) mass is 270 g/mol. The zero-order valence-corrected chi connectivity index (χ0v) is 11.0. The largest absolute Gasteiger partial charge is 0.310 e. The van der Waals surface area contributed by atoms with Gasteiger partial charge in [0, 0.05) is 30.3 Å². The zero-order valence-electron chi connectivity index (χ0n) is 9.46. The summed E-state index contributed by atoms with van der Waals surface area (Å²) in [4.78, 5) is 4.18. The van der Waals surface area contributed by atoms with Gasteiger partial charge in [-0.3, -0.25) is 4.98 Å². The highest BCUT2D eigenvalue weighted by atomic mass is 79.9. The van der Waals surface area contributed by atoms with Crippen LogP contribution in [0.15, 0.2) is 18.5 Å². The van der Waals surface area contributed by atoms with Gasteiger partial charge in [0.05, 0.1) is 0 Å². The van der Waals surface area contributed by atoms with Crippen molar-refractivity contribution in [1.29, 1.82) is 0 Å². The Morgan fingerprint density at radius 3 is 2.87 bits per heavy atom. The molecule has 0 bridgehead atoms. The van der Waals surface area contributed by atoms with Crippen LogP contribution in [0.3, 0.4) is 0 Å². The van der Waals surface area contributed by atoms with Gasteiger partial charge in [-0.1, -0.05) is 28.9 Å². The topological polar surface area (TPSA) is 24.9 Å². The van der Waals surface area contributed by atoms with E-state index >= 15 is 0 Å². The molecule has 0 amide bonds. The first-order valence-corrected chi connectivity index (χ1v) is 6.58. The third-order valence-electron chi connectivity index (χ3n) is 2.48. The van der Waals surface area contributed by atoms with E-state index in [4.69, 9.17) is 0 Å². The Morgan fingerprint density at radius 2 is 2.27 bits per heavy atom. The van der Waals surface area contributed by atoms with E-state index in [-0.39, 0.29) is 0 Å². The van der Waals surface area contributed by atoms with Crippen LogP contribution in [0.4, 0.5) is 0 Å². The third kappa shape index (κ3) is 4.76. The van der Waals surface area contributed by atoms with Crippen LogP contribution in [-0.2, 0) is 6.54 Å². The lowest BCUT2D eigenvalue weighted by atomic mass is 10.1. The fraction of sp³-hybridized carbons (Fsp3) is 0.583. The van der Waals surface area contributed by atoms with E-state index in [1.807, 2.05) is 12.4 Å². The van der Waals surface area contributed by atoms with E-state index in [0.29, 0.717) is 6.04 Å². The van der Waals surface area contributed by atoms with Crippen molar-refractivity contribution in [3.05, 3.63) is 29.6 Å². The molecule has 1 aromatic heterocycles. The second-order valence-corrected chi connectivity index (χ2v) is 4.63. The molecule has 0 spiro atoms. The van der Waals surface area contributed by atoms with Crippen LogP contribution in [0.2, 0.25) is 0 Å². The average molecular weight is 271 g/mol. The van der Waals surface area contributed by atoms with Crippen molar-refractivity contribution in [2.75, 3.05) is 5.33 Å².